The molecule has 4 nitrogen and oxygen atoms in total. The highest BCUT2D eigenvalue weighted by Crippen LogP contribution is 2.23. The number of carbonyl (C=O) groups excluding carboxylic acids is 1. The van der Waals surface area contributed by atoms with Crippen LogP contribution in [0.5, 0.6) is 5.75 Å². The summed E-state index contributed by atoms with van der Waals surface area (Å²) in [7, 11) is 0. The monoisotopic (exact) mass is 404 g/mol. The topological polar surface area (TPSA) is 50.4 Å². The first-order chi connectivity index (χ1) is 11.8. The molecule has 1 amide bonds. The zero-order valence-electron chi connectivity index (χ0n) is 14.9. The number of ether oxygens (including phenoxy) is 1. The van der Waals surface area contributed by atoms with E-state index in [2.05, 4.69) is 47.3 Å². The SMILES string of the molecule is CC(C)(C)NCc1cc(OCC(=O)NCc2ccccc2)ccc1Br. The van der Waals surface area contributed by atoms with E-state index in [-0.39, 0.29) is 18.1 Å². The maximum Gasteiger partial charge on any atom is 0.258 e. The van der Waals surface area contributed by atoms with Gasteiger partial charge in [-0.25, -0.2) is 0 Å². The third-order valence-corrected chi connectivity index (χ3v) is 4.30. The standard InChI is InChI=1S/C20H25BrN2O2/c1-20(2,3)23-13-16-11-17(9-10-18(16)21)25-14-19(24)22-12-15-7-5-4-6-8-15/h4-11,23H,12-14H2,1-3H3,(H,22,24). The van der Waals surface area contributed by atoms with E-state index < -0.39 is 0 Å². The summed E-state index contributed by atoms with van der Waals surface area (Å²) in [4.78, 5) is 11.9. The van der Waals surface area contributed by atoms with E-state index in [0.29, 0.717) is 12.3 Å². The van der Waals surface area contributed by atoms with Crippen LogP contribution in [0, 0.1) is 0 Å². The van der Waals surface area contributed by atoms with Crippen LogP contribution in [0.15, 0.2) is 53.0 Å². The molecular formula is C20H25BrN2O2. The molecule has 0 bridgehead atoms. The predicted molar refractivity (Wildman–Crippen MR) is 105 cm³/mol. The molecule has 2 aromatic carbocycles. The van der Waals surface area contributed by atoms with Crippen LogP contribution >= 0.6 is 15.9 Å². The molecule has 0 spiro atoms. The Balaban J connectivity index is 1.84. The molecule has 0 aliphatic carbocycles. The molecule has 0 radical (unpaired) electrons. The molecule has 0 aliphatic heterocycles. The lowest BCUT2D eigenvalue weighted by atomic mass is 10.1. The molecular weight excluding hydrogens is 380 g/mol. The molecule has 0 aliphatic rings. The average Bonchev–Trinajstić information content (AvgIpc) is 2.58. The van der Waals surface area contributed by atoms with Crippen molar-refractivity contribution in [2.24, 2.45) is 0 Å². The zero-order valence-corrected chi connectivity index (χ0v) is 16.5. The van der Waals surface area contributed by atoms with Gasteiger partial charge in [0, 0.05) is 23.1 Å². The maximum absolute atomic E-state index is 11.9. The van der Waals surface area contributed by atoms with Gasteiger partial charge in [0.25, 0.3) is 5.91 Å². The van der Waals surface area contributed by atoms with E-state index in [9.17, 15) is 4.79 Å². The minimum atomic E-state index is -0.138. The van der Waals surface area contributed by atoms with Crippen LogP contribution in [0.1, 0.15) is 31.9 Å². The summed E-state index contributed by atoms with van der Waals surface area (Å²) < 4.78 is 6.64. The second-order valence-electron chi connectivity index (χ2n) is 6.91. The maximum atomic E-state index is 11.9. The molecule has 0 aromatic heterocycles. The Morgan fingerprint density at radius 1 is 1.08 bits per heavy atom. The van der Waals surface area contributed by atoms with Crippen molar-refractivity contribution in [2.45, 2.75) is 39.4 Å². The number of amides is 1. The van der Waals surface area contributed by atoms with Gasteiger partial charge in [0.05, 0.1) is 0 Å². The van der Waals surface area contributed by atoms with Crippen LogP contribution in [0.2, 0.25) is 0 Å². The molecule has 0 saturated carbocycles. The normalized spacial score (nSPS) is 11.2. The third-order valence-electron chi connectivity index (χ3n) is 3.53. The van der Waals surface area contributed by atoms with E-state index in [1.54, 1.807) is 0 Å². The van der Waals surface area contributed by atoms with Gasteiger partial charge in [-0.05, 0) is 50.1 Å². The van der Waals surface area contributed by atoms with Gasteiger partial charge in [0.15, 0.2) is 6.61 Å². The van der Waals surface area contributed by atoms with Crippen LogP contribution in [-0.4, -0.2) is 18.1 Å². The molecule has 0 unspecified atom stereocenters. The van der Waals surface area contributed by atoms with E-state index in [1.165, 1.54) is 0 Å². The smallest absolute Gasteiger partial charge is 0.258 e. The van der Waals surface area contributed by atoms with Crippen LogP contribution in [0.3, 0.4) is 0 Å². The van der Waals surface area contributed by atoms with E-state index in [1.807, 2.05) is 48.5 Å². The molecule has 25 heavy (non-hydrogen) atoms. The summed E-state index contributed by atoms with van der Waals surface area (Å²) in [6.45, 7) is 7.60. The van der Waals surface area contributed by atoms with Crippen molar-refractivity contribution in [3.05, 3.63) is 64.1 Å². The molecule has 5 heteroatoms. The van der Waals surface area contributed by atoms with Gasteiger partial charge in [-0.2, -0.15) is 0 Å². The molecule has 134 valence electrons. The lowest BCUT2D eigenvalue weighted by Gasteiger charge is -2.21. The fraction of sp³-hybridized carbons (Fsp3) is 0.350. The van der Waals surface area contributed by atoms with E-state index >= 15 is 0 Å². The molecule has 2 rings (SSSR count). The van der Waals surface area contributed by atoms with Crippen LogP contribution in [0.4, 0.5) is 0 Å². The van der Waals surface area contributed by atoms with E-state index in [0.717, 1.165) is 22.1 Å². The first-order valence-electron chi connectivity index (χ1n) is 8.30. The second-order valence-corrected chi connectivity index (χ2v) is 7.76. The third kappa shape index (κ3) is 7.28. The second kappa shape index (κ2) is 9.02. The van der Waals surface area contributed by atoms with Gasteiger partial charge in [-0.3, -0.25) is 4.79 Å². The molecule has 0 saturated heterocycles. The van der Waals surface area contributed by atoms with Gasteiger partial charge in [-0.15, -0.1) is 0 Å². The van der Waals surface area contributed by atoms with Gasteiger partial charge >= 0.3 is 0 Å². The Labute approximate surface area is 158 Å². The van der Waals surface area contributed by atoms with Crippen molar-refractivity contribution in [2.75, 3.05) is 6.61 Å². The molecule has 2 aromatic rings. The number of benzene rings is 2. The Morgan fingerprint density at radius 3 is 2.48 bits per heavy atom. The summed E-state index contributed by atoms with van der Waals surface area (Å²) in [5.41, 5.74) is 2.19. The van der Waals surface area contributed by atoms with Crippen LogP contribution in [0.25, 0.3) is 0 Å². The molecule has 0 fully saturated rings. The first-order valence-corrected chi connectivity index (χ1v) is 9.10. The van der Waals surface area contributed by atoms with Crippen LogP contribution < -0.4 is 15.4 Å². The highest BCUT2D eigenvalue weighted by molar-refractivity contribution is 9.10. The number of hydrogen-bond acceptors (Lipinski definition) is 3. The summed E-state index contributed by atoms with van der Waals surface area (Å²) in [6, 6.07) is 15.6. The summed E-state index contributed by atoms with van der Waals surface area (Å²) in [5.74, 6) is 0.546. The highest BCUT2D eigenvalue weighted by atomic mass is 79.9. The quantitative estimate of drug-likeness (QED) is 0.731. The Morgan fingerprint density at radius 2 is 1.80 bits per heavy atom. The van der Waals surface area contributed by atoms with Crippen molar-refractivity contribution in [3.63, 3.8) is 0 Å². The number of carbonyl (C=O) groups is 1. The number of hydrogen-bond donors (Lipinski definition) is 2. The van der Waals surface area contributed by atoms with Crippen molar-refractivity contribution >= 4 is 21.8 Å². The minimum Gasteiger partial charge on any atom is -0.484 e. The van der Waals surface area contributed by atoms with Crippen molar-refractivity contribution in [3.8, 4) is 5.75 Å². The lowest BCUT2D eigenvalue weighted by molar-refractivity contribution is -0.123. The summed E-state index contributed by atoms with van der Waals surface area (Å²) in [5, 5.41) is 6.30. The van der Waals surface area contributed by atoms with Gasteiger partial charge in [0.2, 0.25) is 0 Å². The average molecular weight is 405 g/mol. The number of halogens is 1. The fourth-order valence-electron chi connectivity index (χ4n) is 2.13. The highest BCUT2D eigenvalue weighted by Gasteiger charge is 2.11. The Bertz CT molecular complexity index is 697. The van der Waals surface area contributed by atoms with Crippen molar-refractivity contribution < 1.29 is 9.53 Å². The van der Waals surface area contributed by atoms with Gasteiger partial charge in [-0.1, -0.05) is 46.3 Å². The van der Waals surface area contributed by atoms with Crippen molar-refractivity contribution in [1.82, 2.24) is 10.6 Å². The minimum absolute atomic E-state index is 0.000601. The fourth-order valence-corrected chi connectivity index (χ4v) is 2.52. The largest absolute Gasteiger partial charge is 0.484 e. The predicted octanol–water partition coefficient (Wildman–Crippen LogP) is 4.03. The zero-order chi connectivity index (χ0) is 18.3. The Hall–Kier alpha value is -1.85. The van der Waals surface area contributed by atoms with Crippen molar-refractivity contribution in [1.29, 1.82) is 0 Å². The van der Waals surface area contributed by atoms with Gasteiger partial charge in [0.1, 0.15) is 5.75 Å². The lowest BCUT2D eigenvalue weighted by Crippen LogP contribution is -2.35. The first kappa shape index (κ1) is 19.5. The molecule has 0 heterocycles. The summed E-state index contributed by atoms with van der Waals surface area (Å²) >= 11 is 3.55. The van der Waals surface area contributed by atoms with E-state index in [4.69, 9.17) is 4.74 Å². The summed E-state index contributed by atoms with van der Waals surface area (Å²) in [6.07, 6.45) is 0. The number of rotatable bonds is 7. The number of nitrogens with one attached hydrogen (secondary N) is 2. The molecule has 2 N–H and O–H groups in total. The van der Waals surface area contributed by atoms with Crippen LogP contribution in [-0.2, 0) is 17.9 Å². The Kier molecular flexibility index (Phi) is 7.02. The van der Waals surface area contributed by atoms with Gasteiger partial charge < -0.3 is 15.4 Å². The molecule has 0 atom stereocenters.